The maximum absolute atomic E-state index is 9.35. The summed E-state index contributed by atoms with van der Waals surface area (Å²) in [7, 11) is 0. The van der Waals surface area contributed by atoms with E-state index in [0.29, 0.717) is 22.6 Å². The van der Waals surface area contributed by atoms with Crippen molar-refractivity contribution < 1.29 is 5.11 Å². The molecule has 3 atom stereocenters. The molecule has 2 aliphatic rings. The quantitative estimate of drug-likeness (QED) is 0.771. The fraction of sp³-hybridized carbons (Fsp3) is 0.625. The number of benzene rings is 1. The average molecular weight is 245 g/mol. The standard InChI is InChI=1S/C16H23NO/c1-15(2)11-8-9-16(3,10-11)14(15)17-12-4-6-13(18)7-5-12/h4-7,11,14,17-18H,8-10H2,1-3H3. The highest BCUT2D eigenvalue weighted by Crippen LogP contribution is 2.63. The van der Waals surface area contributed by atoms with Gasteiger partial charge in [-0.15, -0.1) is 0 Å². The molecule has 2 saturated carbocycles. The molecule has 0 aromatic heterocycles. The van der Waals surface area contributed by atoms with Gasteiger partial charge < -0.3 is 10.4 Å². The third kappa shape index (κ3) is 1.62. The molecule has 0 amide bonds. The molecule has 2 aliphatic carbocycles. The van der Waals surface area contributed by atoms with Gasteiger partial charge in [0.15, 0.2) is 0 Å². The number of hydrogen-bond donors (Lipinski definition) is 2. The van der Waals surface area contributed by atoms with E-state index >= 15 is 0 Å². The Bertz CT molecular complexity index is 446. The van der Waals surface area contributed by atoms with Gasteiger partial charge in [-0.3, -0.25) is 0 Å². The van der Waals surface area contributed by atoms with Gasteiger partial charge in [-0.1, -0.05) is 20.8 Å². The van der Waals surface area contributed by atoms with E-state index in [1.807, 2.05) is 12.1 Å². The Balaban J connectivity index is 1.86. The van der Waals surface area contributed by atoms with Gasteiger partial charge >= 0.3 is 0 Å². The second-order valence-corrected chi connectivity index (χ2v) is 7.04. The van der Waals surface area contributed by atoms with Crippen LogP contribution in [-0.4, -0.2) is 11.1 Å². The number of phenols is 1. The van der Waals surface area contributed by atoms with Gasteiger partial charge in [-0.25, -0.2) is 0 Å². The predicted molar refractivity (Wildman–Crippen MR) is 74.7 cm³/mol. The number of hydrogen-bond acceptors (Lipinski definition) is 2. The lowest BCUT2D eigenvalue weighted by Gasteiger charge is -2.43. The third-order valence-electron chi connectivity index (χ3n) is 5.45. The van der Waals surface area contributed by atoms with Gasteiger partial charge in [0.2, 0.25) is 0 Å². The van der Waals surface area contributed by atoms with Crippen LogP contribution in [0.1, 0.15) is 40.0 Å². The monoisotopic (exact) mass is 245 g/mol. The zero-order chi connectivity index (χ0) is 13.0. The molecule has 2 nitrogen and oxygen atoms in total. The number of aromatic hydroxyl groups is 1. The van der Waals surface area contributed by atoms with E-state index in [9.17, 15) is 5.11 Å². The van der Waals surface area contributed by atoms with Crippen molar-refractivity contribution in [2.45, 2.75) is 46.1 Å². The van der Waals surface area contributed by atoms with E-state index < -0.39 is 0 Å². The number of fused-ring (bicyclic) bond motifs is 2. The summed E-state index contributed by atoms with van der Waals surface area (Å²) in [6.07, 6.45) is 4.09. The van der Waals surface area contributed by atoms with Crippen LogP contribution in [0.4, 0.5) is 5.69 Å². The van der Waals surface area contributed by atoms with Crippen molar-refractivity contribution in [3.05, 3.63) is 24.3 Å². The molecule has 1 aromatic rings. The van der Waals surface area contributed by atoms with Crippen molar-refractivity contribution in [1.29, 1.82) is 0 Å². The van der Waals surface area contributed by atoms with E-state index in [1.165, 1.54) is 19.3 Å². The number of anilines is 1. The van der Waals surface area contributed by atoms with E-state index in [1.54, 1.807) is 12.1 Å². The summed E-state index contributed by atoms with van der Waals surface area (Å²) in [5.74, 6) is 1.19. The van der Waals surface area contributed by atoms with E-state index in [0.717, 1.165) is 11.6 Å². The molecule has 1 aromatic carbocycles. The highest BCUT2D eigenvalue weighted by Gasteiger charge is 2.59. The first-order valence-corrected chi connectivity index (χ1v) is 6.97. The maximum Gasteiger partial charge on any atom is 0.115 e. The van der Waals surface area contributed by atoms with Crippen molar-refractivity contribution in [2.24, 2.45) is 16.7 Å². The zero-order valence-electron chi connectivity index (χ0n) is 11.5. The summed E-state index contributed by atoms with van der Waals surface area (Å²) in [5.41, 5.74) is 1.93. The summed E-state index contributed by atoms with van der Waals surface area (Å²) in [5, 5.41) is 13.1. The molecule has 18 heavy (non-hydrogen) atoms. The van der Waals surface area contributed by atoms with Crippen LogP contribution in [0.2, 0.25) is 0 Å². The number of nitrogens with one attached hydrogen (secondary N) is 1. The van der Waals surface area contributed by atoms with Gasteiger partial charge in [0.05, 0.1) is 0 Å². The van der Waals surface area contributed by atoms with Gasteiger partial charge in [0.1, 0.15) is 5.75 Å². The summed E-state index contributed by atoms with van der Waals surface area (Å²) >= 11 is 0. The molecule has 0 radical (unpaired) electrons. The van der Waals surface area contributed by atoms with Gasteiger partial charge in [-0.05, 0) is 60.3 Å². The Morgan fingerprint density at radius 1 is 1.17 bits per heavy atom. The van der Waals surface area contributed by atoms with Crippen LogP contribution in [0.15, 0.2) is 24.3 Å². The minimum absolute atomic E-state index is 0.332. The van der Waals surface area contributed by atoms with Crippen LogP contribution in [0.5, 0.6) is 5.75 Å². The van der Waals surface area contributed by atoms with Crippen molar-refractivity contribution in [1.82, 2.24) is 0 Å². The molecule has 3 rings (SSSR count). The molecule has 2 heteroatoms. The van der Waals surface area contributed by atoms with Crippen LogP contribution in [-0.2, 0) is 0 Å². The molecule has 2 N–H and O–H groups in total. The smallest absolute Gasteiger partial charge is 0.115 e. The first-order valence-electron chi connectivity index (χ1n) is 6.97. The van der Waals surface area contributed by atoms with Crippen LogP contribution in [0, 0.1) is 16.7 Å². The SMILES string of the molecule is CC12CCC(C1)C(C)(C)C2Nc1ccc(O)cc1. The zero-order valence-corrected chi connectivity index (χ0v) is 11.5. The van der Waals surface area contributed by atoms with E-state index in [4.69, 9.17) is 0 Å². The molecular formula is C16H23NO. The van der Waals surface area contributed by atoms with E-state index in [2.05, 4.69) is 26.1 Å². The van der Waals surface area contributed by atoms with Crippen molar-refractivity contribution in [3.63, 3.8) is 0 Å². The van der Waals surface area contributed by atoms with Crippen LogP contribution in [0.25, 0.3) is 0 Å². The lowest BCUT2D eigenvalue weighted by atomic mass is 9.68. The number of phenolic OH excluding ortho intramolecular Hbond substituents is 1. The van der Waals surface area contributed by atoms with Crippen molar-refractivity contribution in [3.8, 4) is 5.75 Å². The second-order valence-electron chi connectivity index (χ2n) is 7.04. The molecule has 2 fully saturated rings. The molecule has 0 aliphatic heterocycles. The summed E-state index contributed by atoms with van der Waals surface area (Å²) in [4.78, 5) is 0. The maximum atomic E-state index is 9.35. The topological polar surface area (TPSA) is 32.3 Å². The van der Waals surface area contributed by atoms with Crippen molar-refractivity contribution in [2.75, 3.05) is 5.32 Å². The number of rotatable bonds is 2. The molecular weight excluding hydrogens is 222 g/mol. The Morgan fingerprint density at radius 2 is 1.83 bits per heavy atom. The minimum atomic E-state index is 0.332. The molecule has 3 unspecified atom stereocenters. The van der Waals surface area contributed by atoms with Crippen LogP contribution >= 0.6 is 0 Å². The Hall–Kier alpha value is -1.18. The first-order chi connectivity index (χ1) is 8.42. The van der Waals surface area contributed by atoms with Gasteiger partial charge in [0.25, 0.3) is 0 Å². The lowest BCUT2D eigenvalue weighted by Crippen LogP contribution is -2.45. The van der Waals surface area contributed by atoms with Gasteiger partial charge in [0, 0.05) is 11.7 Å². The van der Waals surface area contributed by atoms with Crippen molar-refractivity contribution >= 4 is 5.69 Å². The predicted octanol–water partition coefficient (Wildman–Crippen LogP) is 4.02. The molecule has 0 heterocycles. The fourth-order valence-electron chi connectivity index (χ4n) is 4.39. The minimum Gasteiger partial charge on any atom is -0.508 e. The summed E-state index contributed by atoms with van der Waals surface area (Å²) in [6.45, 7) is 7.24. The molecule has 2 bridgehead atoms. The van der Waals surface area contributed by atoms with E-state index in [-0.39, 0.29) is 0 Å². The Morgan fingerprint density at radius 3 is 2.39 bits per heavy atom. The Kier molecular flexibility index (Phi) is 2.42. The average Bonchev–Trinajstić information content (AvgIpc) is 2.78. The van der Waals surface area contributed by atoms with Gasteiger partial charge in [-0.2, -0.15) is 0 Å². The highest BCUT2D eigenvalue weighted by atomic mass is 16.3. The first kappa shape index (κ1) is 11.9. The molecule has 0 spiro atoms. The summed E-state index contributed by atoms with van der Waals surface area (Å²) < 4.78 is 0. The lowest BCUT2D eigenvalue weighted by molar-refractivity contribution is 0.155. The summed E-state index contributed by atoms with van der Waals surface area (Å²) in [6, 6.07) is 7.99. The second kappa shape index (κ2) is 3.66. The molecule has 0 saturated heterocycles. The van der Waals surface area contributed by atoms with Crippen LogP contribution in [0.3, 0.4) is 0 Å². The fourth-order valence-corrected chi connectivity index (χ4v) is 4.39. The Labute approximate surface area is 109 Å². The highest BCUT2D eigenvalue weighted by molar-refractivity contribution is 5.48. The van der Waals surface area contributed by atoms with Crippen LogP contribution < -0.4 is 5.32 Å². The largest absolute Gasteiger partial charge is 0.508 e. The molecule has 98 valence electrons. The normalized spacial score (nSPS) is 36.8. The third-order valence-corrected chi connectivity index (χ3v) is 5.45.